The number of carbonyl (C=O) groups is 1. The summed E-state index contributed by atoms with van der Waals surface area (Å²) >= 11 is 4.96. The molecule has 3 aromatic heterocycles. The Morgan fingerprint density at radius 2 is 2.32 bits per heavy atom. The molecule has 4 heterocycles. The summed E-state index contributed by atoms with van der Waals surface area (Å²) in [4.78, 5) is 19.5. The molecule has 8 heteroatoms. The van der Waals surface area contributed by atoms with Crippen LogP contribution in [0, 0.1) is 0 Å². The number of rotatable bonds is 4. The quantitative estimate of drug-likeness (QED) is 0.642. The average Bonchev–Trinajstić information content (AvgIpc) is 3.37. The molecule has 4 rings (SSSR count). The Hall–Kier alpha value is -2.19. The first-order valence-electron chi connectivity index (χ1n) is 7.78. The summed E-state index contributed by atoms with van der Waals surface area (Å²) < 4.78 is 12.0. The topological polar surface area (TPSA) is 68.5 Å². The average molecular weight is 420 g/mol. The van der Waals surface area contributed by atoms with Gasteiger partial charge >= 0.3 is 0 Å². The molecule has 0 spiro atoms. The number of ether oxygens (including phenoxy) is 1. The van der Waals surface area contributed by atoms with Gasteiger partial charge in [-0.15, -0.1) is 11.3 Å². The van der Waals surface area contributed by atoms with Crippen LogP contribution in [0.25, 0.3) is 10.6 Å². The zero-order valence-corrected chi connectivity index (χ0v) is 15.5. The van der Waals surface area contributed by atoms with Crippen LogP contribution < -0.4 is 4.74 Å². The fourth-order valence-electron chi connectivity index (χ4n) is 2.70. The van der Waals surface area contributed by atoms with Gasteiger partial charge in [0.1, 0.15) is 6.10 Å². The molecule has 1 aliphatic heterocycles. The van der Waals surface area contributed by atoms with E-state index in [1.165, 1.54) is 0 Å². The van der Waals surface area contributed by atoms with Crippen molar-refractivity contribution in [3.8, 4) is 16.5 Å². The van der Waals surface area contributed by atoms with Gasteiger partial charge in [-0.3, -0.25) is 4.79 Å². The van der Waals surface area contributed by atoms with Crippen LogP contribution in [0.5, 0.6) is 5.88 Å². The van der Waals surface area contributed by atoms with Crippen molar-refractivity contribution in [2.45, 2.75) is 12.5 Å². The Bertz CT molecular complexity index is 881. The molecule has 0 aliphatic carbocycles. The lowest BCUT2D eigenvalue weighted by Gasteiger charge is -2.16. The predicted molar refractivity (Wildman–Crippen MR) is 96.7 cm³/mol. The first-order chi connectivity index (χ1) is 12.2. The minimum absolute atomic E-state index is 0.0844. The maximum Gasteiger partial charge on any atom is 0.276 e. The molecule has 128 valence electrons. The largest absolute Gasteiger partial charge is 0.472 e. The van der Waals surface area contributed by atoms with E-state index in [1.807, 2.05) is 29.6 Å². The summed E-state index contributed by atoms with van der Waals surface area (Å²) in [5.41, 5.74) is 0.322. The van der Waals surface area contributed by atoms with Crippen molar-refractivity contribution in [1.82, 2.24) is 15.0 Å². The number of hydrogen-bond donors (Lipinski definition) is 0. The molecule has 1 saturated heterocycles. The summed E-state index contributed by atoms with van der Waals surface area (Å²) in [6.07, 6.45) is 2.35. The van der Waals surface area contributed by atoms with Crippen molar-refractivity contribution in [2.24, 2.45) is 0 Å². The maximum absolute atomic E-state index is 12.6. The Labute approximate surface area is 156 Å². The number of amides is 1. The Balaban J connectivity index is 1.41. The highest BCUT2D eigenvalue weighted by Crippen LogP contribution is 2.27. The molecule has 25 heavy (non-hydrogen) atoms. The first-order valence-corrected chi connectivity index (χ1v) is 9.45. The molecule has 1 amide bonds. The summed E-state index contributed by atoms with van der Waals surface area (Å²) in [5.74, 6) is 1.02. The smallest absolute Gasteiger partial charge is 0.276 e. The normalized spacial score (nSPS) is 17.0. The predicted octanol–water partition coefficient (Wildman–Crippen LogP) is 3.85. The first kappa shape index (κ1) is 16.3. The van der Waals surface area contributed by atoms with Crippen LogP contribution in [0.1, 0.15) is 16.9 Å². The third kappa shape index (κ3) is 3.45. The van der Waals surface area contributed by atoms with E-state index in [0.717, 1.165) is 15.8 Å². The van der Waals surface area contributed by atoms with Crippen molar-refractivity contribution in [3.05, 3.63) is 52.1 Å². The molecule has 1 atom stereocenters. The highest BCUT2D eigenvalue weighted by molar-refractivity contribution is 9.10. The summed E-state index contributed by atoms with van der Waals surface area (Å²) in [7, 11) is 0. The van der Waals surface area contributed by atoms with Gasteiger partial charge in [0.25, 0.3) is 5.91 Å². The van der Waals surface area contributed by atoms with Crippen LogP contribution in [0.2, 0.25) is 0 Å². The van der Waals surface area contributed by atoms with E-state index in [1.54, 1.807) is 28.5 Å². The van der Waals surface area contributed by atoms with Crippen LogP contribution in [-0.2, 0) is 0 Å². The molecular formula is C17H14BrN3O3S. The molecule has 0 aromatic carbocycles. The van der Waals surface area contributed by atoms with Gasteiger partial charge in [-0.25, -0.2) is 4.98 Å². The van der Waals surface area contributed by atoms with Gasteiger partial charge in [-0.1, -0.05) is 11.2 Å². The number of nitrogens with zero attached hydrogens (tertiary/aromatic N) is 3. The fraction of sp³-hybridized carbons (Fsp3) is 0.235. The van der Waals surface area contributed by atoms with Crippen LogP contribution in [0.15, 0.2) is 50.9 Å². The van der Waals surface area contributed by atoms with Gasteiger partial charge in [0, 0.05) is 25.2 Å². The molecule has 6 nitrogen and oxygen atoms in total. The van der Waals surface area contributed by atoms with Crippen molar-refractivity contribution in [3.63, 3.8) is 0 Å². The van der Waals surface area contributed by atoms with Crippen molar-refractivity contribution >= 4 is 33.2 Å². The summed E-state index contributed by atoms with van der Waals surface area (Å²) in [6.45, 7) is 1.12. The maximum atomic E-state index is 12.6. The number of aromatic nitrogens is 2. The number of likely N-dealkylation sites (tertiary alicyclic amines) is 1. The molecule has 0 N–H and O–H groups in total. The summed E-state index contributed by atoms with van der Waals surface area (Å²) in [5, 5.41) is 5.88. The molecule has 1 fully saturated rings. The zero-order chi connectivity index (χ0) is 17.2. The number of hydrogen-bond acceptors (Lipinski definition) is 6. The van der Waals surface area contributed by atoms with E-state index in [9.17, 15) is 4.79 Å². The molecule has 0 bridgehead atoms. The van der Waals surface area contributed by atoms with Crippen LogP contribution in [-0.4, -0.2) is 40.1 Å². The number of pyridine rings is 1. The Kier molecular flexibility index (Phi) is 4.54. The van der Waals surface area contributed by atoms with Gasteiger partial charge in [-0.2, -0.15) is 0 Å². The SMILES string of the molecule is O=C(c1cc(-c2cccs2)on1)N1CCC(Oc2ncccc2Br)C1. The highest BCUT2D eigenvalue weighted by Gasteiger charge is 2.30. The number of thiophene rings is 1. The second kappa shape index (κ2) is 6.97. The van der Waals surface area contributed by atoms with Gasteiger partial charge in [0.15, 0.2) is 11.5 Å². The third-order valence-corrected chi connectivity index (χ3v) is 5.42. The van der Waals surface area contributed by atoms with E-state index in [2.05, 4.69) is 26.1 Å². The fourth-order valence-corrected chi connectivity index (χ4v) is 3.72. The molecule has 1 aliphatic rings. The van der Waals surface area contributed by atoms with Crippen molar-refractivity contribution in [2.75, 3.05) is 13.1 Å². The Morgan fingerprint density at radius 1 is 1.40 bits per heavy atom. The van der Waals surface area contributed by atoms with Gasteiger partial charge in [-0.05, 0) is 39.5 Å². The van der Waals surface area contributed by atoms with Crippen LogP contribution in [0.4, 0.5) is 0 Å². The highest BCUT2D eigenvalue weighted by atomic mass is 79.9. The number of carbonyl (C=O) groups excluding carboxylic acids is 1. The zero-order valence-electron chi connectivity index (χ0n) is 13.1. The van der Waals surface area contributed by atoms with Crippen LogP contribution >= 0.6 is 27.3 Å². The summed E-state index contributed by atoms with van der Waals surface area (Å²) in [6, 6.07) is 9.27. The van der Waals surface area contributed by atoms with E-state index >= 15 is 0 Å². The molecule has 0 saturated carbocycles. The third-order valence-electron chi connectivity index (χ3n) is 3.93. The van der Waals surface area contributed by atoms with Gasteiger partial charge < -0.3 is 14.2 Å². The van der Waals surface area contributed by atoms with E-state index in [-0.39, 0.29) is 12.0 Å². The van der Waals surface area contributed by atoms with Gasteiger partial charge in [0.05, 0.1) is 15.9 Å². The lowest BCUT2D eigenvalue weighted by Crippen LogP contribution is -2.31. The van der Waals surface area contributed by atoms with Crippen molar-refractivity contribution < 1.29 is 14.1 Å². The lowest BCUT2D eigenvalue weighted by atomic mass is 10.3. The van der Waals surface area contributed by atoms with E-state index in [0.29, 0.717) is 30.4 Å². The van der Waals surface area contributed by atoms with Crippen molar-refractivity contribution in [1.29, 1.82) is 0 Å². The second-order valence-corrected chi connectivity index (χ2v) is 7.43. The van der Waals surface area contributed by atoms with Gasteiger partial charge in [0.2, 0.25) is 5.88 Å². The second-order valence-electron chi connectivity index (χ2n) is 5.62. The number of halogens is 1. The minimum atomic E-state index is -0.141. The lowest BCUT2D eigenvalue weighted by molar-refractivity contribution is 0.0761. The van der Waals surface area contributed by atoms with E-state index < -0.39 is 0 Å². The Morgan fingerprint density at radius 3 is 3.12 bits per heavy atom. The van der Waals surface area contributed by atoms with E-state index in [4.69, 9.17) is 9.26 Å². The monoisotopic (exact) mass is 419 g/mol. The van der Waals surface area contributed by atoms with Crippen LogP contribution in [0.3, 0.4) is 0 Å². The minimum Gasteiger partial charge on any atom is -0.472 e. The standard InChI is InChI=1S/C17H14BrN3O3S/c18-12-3-1-6-19-16(12)23-11-5-7-21(10-11)17(22)13-9-14(24-20-13)15-4-2-8-25-15/h1-4,6,8-9,11H,5,7,10H2. The molecular weight excluding hydrogens is 406 g/mol. The molecule has 0 radical (unpaired) electrons. The molecule has 3 aromatic rings. The molecule has 1 unspecified atom stereocenters.